The third-order valence-electron chi connectivity index (χ3n) is 5.88. The van der Waals surface area contributed by atoms with Gasteiger partial charge in [-0.05, 0) is 24.3 Å². The SMILES string of the molecule is Cc1nc2c(o1)C(Nc1c(Nc3ccnc(C(=O)N(C)C)c3O)c(=O)c1=O)C(C)(C)CC2. The number of carbonyl (C=O) groups excluding carboxylic acids is 1. The van der Waals surface area contributed by atoms with Crippen LogP contribution in [0.2, 0.25) is 0 Å². The van der Waals surface area contributed by atoms with Crippen LogP contribution in [0.3, 0.4) is 0 Å². The summed E-state index contributed by atoms with van der Waals surface area (Å²) >= 11 is 0. The highest BCUT2D eigenvalue weighted by Crippen LogP contribution is 2.46. The minimum absolute atomic E-state index is 0.0129. The third kappa shape index (κ3) is 3.41. The van der Waals surface area contributed by atoms with Gasteiger partial charge < -0.3 is 25.1 Å². The predicted molar refractivity (Wildman–Crippen MR) is 118 cm³/mol. The summed E-state index contributed by atoms with van der Waals surface area (Å²) in [5.74, 6) is 0.300. The summed E-state index contributed by atoms with van der Waals surface area (Å²) in [7, 11) is 3.07. The number of oxazole rings is 1. The van der Waals surface area contributed by atoms with Gasteiger partial charge in [-0.15, -0.1) is 0 Å². The number of carbonyl (C=O) groups is 1. The number of aromatic hydroxyl groups is 1. The van der Waals surface area contributed by atoms with Crippen LogP contribution >= 0.6 is 0 Å². The molecule has 0 spiro atoms. The molecule has 2 aromatic heterocycles. The Bertz CT molecular complexity index is 1280. The van der Waals surface area contributed by atoms with Crippen molar-refractivity contribution in [2.75, 3.05) is 24.7 Å². The average Bonchev–Trinajstić information content (AvgIpc) is 3.12. The van der Waals surface area contributed by atoms with E-state index in [-0.39, 0.29) is 34.2 Å². The fraction of sp³-hybridized carbons (Fsp3) is 0.409. The van der Waals surface area contributed by atoms with Gasteiger partial charge in [0.25, 0.3) is 16.8 Å². The van der Waals surface area contributed by atoms with Crippen LogP contribution in [-0.4, -0.2) is 40.0 Å². The van der Waals surface area contributed by atoms with E-state index in [1.54, 1.807) is 6.92 Å². The minimum Gasteiger partial charge on any atom is -0.504 e. The number of rotatable bonds is 5. The van der Waals surface area contributed by atoms with Crippen molar-refractivity contribution in [2.24, 2.45) is 5.41 Å². The summed E-state index contributed by atoms with van der Waals surface area (Å²) in [4.78, 5) is 46.6. The number of aryl methyl sites for hydroxylation is 2. The zero-order chi connectivity index (χ0) is 23.4. The number of aromatic nitrogens is 2. The number of pyridine rings is 1. The molecule has 0 radical (unpaired) electrons. The maximum atomic E-state index is 12.4. The van der Waals surface area contributed by atoms with E-state index in [2.05, 4.69) is 34.4 Å². The lowest BCUT2D eigenvalue weighted by molar-refractivity contribution is 0.0819. The fourth-order valence-electron chi connectivity index (χ4n) is 3.94. The minimum atomic E-state index is -0.716. The number of anilines is 3. The number of nitrogens with zero attached hydrogens (tertiary/aromatic N) is 3. The van der Waals surface area contributed by atoms with Crippen molar-refractivity contribution in [3.8, 4) is 5.75 Å². The van der Waals surface area contributed by atoms with Crippen LogP contribution in [0.1, 0.15) is 54.1 Å². The van der Waals surface area contributed by atoms with E-state index in [0.29, 0.717) is 11.7 Å². The van der Waals surface area contributed by atoms with E-state index in [4.69, 9.17) is 4.42 Å². The first-order valence-electron chi connectivity index (χ1n) is 10.2. The smallest absolute Gasteiger partial charge is 0.275 e. The summed E-state index contributed by atoms with van der Waals surface area (Å²) in [5.41, 5.74) is -0.753. The molecule has 0 aliphatic heterocycles. The van der Waals surface area contributed by atoms with E-state index >= 15 is 0 Å². The van der Waals surface area contributed by atoms with Gasteiger partial charge in [-0.3, -0.25) is 14.4 Å². The summed E-state index contributed by atoms with van der Waals surface area (Å²) in [5, 5.41) is 16.5. The lowest BCUT2D eigenvalue weighted by Gasteiger charge is -2.38. The Morgan fingerprint density at radius 2 is 1.94 bits per heavy atom. The Morgan fingerprint density at radius 1 is 1.25 bits per heavy atom. The molecule has 1 aliphatic carbocycles. The van der Waals surface area contributed by atoms with Crippen molar-refractivity contribution in [3.63, 3.8) is 0 Å². The molecular formula is C22H25N5O5. The molecule has 10 heteroatoms. The number of fused-ring (bicyclic) bond motifs is 1. The first-order valence-corrected chi connectivity index (χ1v) is 10.2. The Kier molecular flexibility index (Phi) is 5.03. The van der Waals surface area contributed by atoms with Gasteiger partial charge >= 0.3 is 0 Å². The molecule has 0 saturated carbocycles. The second-order valence-corrected chi connectivity index (χ2v) is 8.90. The molecule has 0 saturated heterocycles. The molecule has 32 heavy (non-hydrogen) atoms. The van der Waals surface area contributed by atoms with Crippen LogP contribution in [0, 0.1) is 12.3 Å². The Morgan fingerprint density at radius 3 is 2.62 bits per heavy atom. The number of hydrogen-bond acceptors (Lipinski definition) is 9. The third-order valence-corrected chi connectivity index (χ3v) is 5.88. The van der Waals surface area contributed by atoms with Crippen molar-refractivity contribution < 1.29 is 14.3 Å². The van der Waals surface area contributed by atoms with Crippen molar-refractivity contribution in [3.05, 3.63) is 55.7 Å². The first kappa shape index (κ1) is 21.5. The molecule has 10 nitrogen and oxygen atoms in total. The molecule has 1 aromatic carbocycles. The van der Waals surface area contributed by atoms with Crippen LogP contribution in [0.5, 0.6) is 5.75 Å². The maximum Gasteiger partial charge on any atom is 0.275 e. The molecule has 1 aliphatic rings. The molecule has 3 N–H and O–H groups in total. The normalized spacial score (nSPS) is 17.1. The standard InChI is InChI=1S/C22H25N5O5/c1-10-24-12-6-8-22(2,3)20(19(12)32-10)26-14-13(17(29)18(14)30)25-11-7-9-23-15(16(11)28)21(31)27(4)5/h7,9,20,26,28H,6,8H2,1-5H3,(H,23,25). The molecule has 3 aromatic rings. The summed E-state index contributed by atoms with van der Waals surface area (Å²) in [6.45, 7) is 5.88. The van der Waals surface area contributed by atoms with Gasteiger partial charge in [0.2, 0.25) is 0 Å². The molecule has 0 bridgehead atoms. The molecule has 2 heterocycles. The van der Waals surface area contributed by atoms with Crippen LogP contribution < -0.4 is 21.5 Å². The lowest BCUT2D eigenvalue weighted by Crippen LogP contribution is -2.41. The van der Waals surface area contributed by atoms with E-state index in [1.807, 2.05) is 0 Å². The van der Waals surface area contributed by atoms with E-state index < -0.39 is 22.5 Å². The summed E-state index contributed by atoms with van der Waals surface area (Å²) in [6.07, 6.45) is 2.93. The van der Waals surface area contributed by atoms with Gasteiger partial charge in [-0.25, -0.2) is 9.97 Å². The second-order valence-electron chi connectivity index (χ2n) is 8.90. The predicted octanol–water partition coefficient (Wildman–Crippen LogP) is 2.25. The molecule has 168 valence electrons. The van der Waals surface area contributed by atoms with Crippen LogP contribution in [0.4, 0.5) is 17.1 Å². The van der Waals surface area contributed by atoms with Gasteiger partial charge in [-0.1, -0.05) is 13.8 Å². The van der Waals surface area contributed by atoms with Crippen LogP contribution in [0.15, 0.2) is 26.3 Å². The van der Waals surface area contributed by atoms with Crippen molar-refractivity contribution in [2.45, 2.75) is 39.7 Å². The molecule has 1 unspecified atom stereocenters. The first-order chi connectivity index (χ1) is 15.0. The topological polar surface area (TPSA) is 138 Å². The summed E-state index contributed by atoms with van der Waals surface area (Å²) in [6, 6.07) is 1.05. The molecular weight excluding hydrogens is 414 g/mol. The van der Waals surface area contributed by atoms with Crippen molar-refractivity contribution in [1.29, 1.82) is 0 Å². The molecule has 1 atom stereocenters. The van der Waals surface area contributed by atoms with Gasteiger partial charge in [-0.2, -0.15) is 0 Å². The van der Waals surface area contributed by atoms with E-state index in [0.717, 1.165) is 18.5 Å². The van der Waals surface area contributed by atoms with Crippen molar-refractivity contribution >= 4 is 23.0 Å². The van der Waals surface area contributed by atoms with Gasteiger partial charge in [0.15, 0.2) is 17.3 Å². The molecule has 4 rings (SSSR count). The van der Waals surface area contributed by atoms with Gasteiger partial charge in [0, 0.05) is 27.2 Å². The largest absolute Gasteiger partial charge is 0.504 e. The highest BCUT2D eigenvalue weighted by Gasteiger charge is 2.41. The number of hydrogen-bond donors (Lipinski definition) is 3. The highest BCUT2D eigenvalue weighted by molar-refractivity contribution is 5.97. The van der Waals surface area contributed by atoms with E-state index in [9.17, 15) is 19.5 Å². The molecule has 0 fully saturated rings. The average molecular weight is 439 g/mol. The number of amides is 1. The van der Waals surface area contributed by atoms with Gasteiger partial charge in [0.05, 0.1) is 17.4 Å². The quantitative estimate of drug-likeness (QED) is 0.511. The van der Waals surface area contributed by atoms with Crippen LogP contribution in [0.25, 0.3) is 0 Å². The second kappa shape index (κ2) is 7.47. The van der Waals surface area contributed by atoms with E-state index in [1.165, 1.54) is 31.3 Å². The molecule has 1 amide bonds. The zero-order valence-electron chi connectivity index (χ0n) is 18.6. The summed E-state index contributed by atoms with van der Waals surface area (Å²) < 4.78 is 5.82. The fourth-order valence-corrected chi connectivity index (χ4v) is 3.94. The van der Waals surface area contributed by atoms with Gasteiger partial charge in [0.1, 0.15) is 17.1 Å². The van der Waals surface area contributed by atoms with Crippen LogP contribution in [-0.2, 0) is 6.42 Å². The van der Waals surface area contributed by atoms with Crippen molar-refractivity contribution in [1.82, 2.24) is 14.9 Å². The maximum absolute atomic E-state index is 12.4. The Balaban J connectivity index is 1.68. The Labute approximate surface area is 184 Å². The zero-order valence-corrected chi connectivity index (χ0v) is 18.6. The number of nitrogens with one attached hydrogen (secondary N) is 2. The Hall–Kier alpha value is -3.69. The lowest BCUT2D eigenvalue weighted by atomic mass is 9.74. The monoisotopic (exact) mass is 439 g/mol. The highest BCUT2D eigenvalue weighted by atomic mass is 16.4.